The Morgan fingerprint density at radius 3 is 2.60 bits per heavy atom. The van der Waals surface area contributed by atoms with Crippen molar-refractivity contribution in [3.8, 4) is 0 Å². The van der Waals surface area contributed by atoms with Gasteiger partial charge in [-0.05, 0) is 37.6 Å². The molecular formula is C22H22ClN3O4. The number of hydrogen-bond acceptors (Lipinski definition) is 4. The highest BCUT2D eigenvalue weighted by atomic mass is 35.5. The Kier molecular flexibility index (Phi) is 6.74. The van der Waals surface area contributed by atoms with Crippen molar-refractivity contribution in [1.82, 2.24) is 9.88 Å². The summed E-state index contributed by atoms with van der Waals surface area (Å²) in [6, 6.07) is 12.6. The second-order valence-corrected chi connectivity index (χ2v) is 7.07. The number of halogens is 1. The zero-order valence-electron chi connectivity index (χ0n) is 16.7. The fourth-order valence-electron chi connectivity index (χ4n) is 3.05. The summed E-state index contributed by atoms with van der Waals surface area (Å²) in [6.45, 7) is 3.73. The summed E-state index contributed by atoms with van der Waals surface area (Å²) in [6.07, 6.45) is 1.71. The van der Waals surface area contributed by atoms with E-state index in [-0.39, 0.29) is 6.54 Å². The van der Waals surface area contributed by atoms with Gasteiger partial charge in [-0.3, -0.25) is 9.59 Å². The summed E-state index contributed by atoms with van der Waals surface area (Å²) in [7, 11) is 0. The first kappa shape index (κ1) is 21.4. The lowest BCUT2D eigenvalue weighted by Crippen LogP contribution is -2.35. The van der Waals surface area contributed by atoms with E-state index in [0.717, 1.165) is 16.5 Å². The van der Waals surface area contributed by atoms with Gasteiger partial charge in [0.25, 0.3) is 5.91 Å². The predicted octanol–water partition coefficient (Wildman–Crippen LogP) is 3.53. The lowest BCUT2D eigenvalue weighted by molar-refractivity contribution is -0.126. The molecule has 0 radical (unpaired) electrons. The second-order valence-electron chi connectivity index (χ2n) is 6.66. The van der Waals surface area contributed by atoms with Gasteiger partial charge in [0.2, 0.25) is 5.91 Å². The highest BCUT2D eigenvalue weighted by Gasteiger charge is 2.17. The number of carbonyl (C=O) groups is 3. The fraction of sp³-hybridized carbons (Fsp3) is 0.227. The summed E-state index contributed by atoms with van der Waals surface area (Å²) in [5, 5.41) is 6.41. The predicted molar refractivity (Wildman–Crippen MR) is 116 cm³/mol. The van der Waals surface area contributed by atoms with Gasteiger partial charge in [-0.2, -0.15) is 0 Å². The van der Waals surface area contributed by atoms with Gasteiger partial charge in [0, 0.05) is 34.4 Å². The highest BCUT2D eigenvalue weighted by Crippen LogP contribution is 2.23. The van der Waals surface area contributed by atoms with Crippen LogP contribution in [0.25, 0.3) is 10.9 Å². The first-order valence-corrected chi connectivity index (χ1v) is 9.85. The van der Waals surface area contributed by atoms with Crippen LogP contribution in [0.4, 0.5) is 5.69 Å². The summed E-state index contributed by atoms with van der Waals surface area (Å²) in [4.78, 5) is 36.5. The molecule has 0 fully saturated rings. The Bertz CT molecular complexity index is 1110. The monoisotopic (exact) mass is 427 g/mol. The third-order valence-electron chi connectivity index (χ3n) is 4.67. The Labute approximate surface area is 179 Å². The molecule has 1 aromatic heterocycles. The molecule has 3 aromatic rings. The molecule has 2 N–H and O–H groups in total. The lowest BCUT2D eigenvalue weighted by atomic mass is 10.2. The Morgan fingerprint density at radius 1 is 1.07 bits per heavy atom. The van der Waals surface area contributed by atoms with Gasteiger partial charge in [-0.15, -0.1) is 0 Å². The largest absolute Gasteiger partial charge is 0.452 e. The molecule has 2 amide bonds. The number of aromatic nitrogens is 1. The van der Waals surface area contributed by atoms with Gasteiger partial charge >= 0.3 is 5.97 Å². The van der Waals surface area contributed by atoms with Crippen molar-refractivity contribution in [2.75, 3.05) is 18.5 Å². The molecule has 2 aromatic carbocycles. The molecule has 8 heteroatoms. The van der Waals surface area contributed by atoms with E-state index in [1.165, 1.54) is 0 Å². The van der Waals surface area contributed by atoms with Crippen LogP contribution in [-0.4, -0.2) is 35.5 Å². The Hall–Kier alpha value is -3.32. The topological polar surface area (TPSA) is 89.4 Å². The SMILES string of the molecule is CCn1cc(C(=O)OCC(=O)NCC(=O)Nc2cccc(Cl)c2C)c2ccccc21. The van der Waals surface area contributed by atoms with Gasteiger partial charge in [-0.25, -0.2) is 4.79 Å². The standard InChI is InChI=1S/C22H22ClN3O4/c1-3-26-12-16(15-7-4-5-10-19(15)26)22(29)30-13-21(28)24-11-20(27)25-18-9-6-8-17(23)14(18)2/h4-10,12H,3,11,13H2,1-2H3,(H,24,28)(H,25,27). The molecule has 1 heterocycles. The molecule has 0 aliphatic carbocycles. The van der Waals surface area contributed by atoms with Crippen molar-refractivity contribution >= 4 is 46.0 Å². The van der Waals surface area contributed by atoms with E-state index in [4.69, 9.17) is 16.3 Å². The maximum atomic E-state index is 12.4. The number of nitrogens with zero attached hydrogens (tertiary/aromatic N) is 1. The molecule has 0 unspecified atom stereocenters. The summed E-state index contributed by atoms with van der Waals surface area (Å²) >= 11 is 6.02. The van der Waals surface area contributed by atoms with Crippen LogP contribution in [0.2, 0.25) is 5.02 Å². The summed E-state index contributed by atoms with van der Waals surface area (Å²) in [5.74, 6) is -1.57. The van der Waals surface area contributed by atoms with E-state index >= 15 is 0 Å². The molecule has 0 bridgehead atoms. The van der Waals surface area contributed by atoms with Gasteiger partial charge < -0.3 is 19.9 Å². The molecule has 156 valence electrons. The molecule has 3 rings (SSSR count). The number of carbonyl (C=O) groups excluding carboxylic acids is 3. The highest BCUT2D eigenvalue weighted by molar-refractivity contribution is 6.31. The molecule has 0 aliphatic heterocycles. The molecule has 0 saturated carbocycles. The lowest BCUT2D eigenvalue weighted by Gasteiger charge is -2.10. The molecule has 7 nitrogen and oxygen atoms in total. The van der Waals surface area contributed by atoms with Crippen molar-refractivity contribution in [3.63, 3.8) is 0 Å². The van der Waals surface area contributed by atoms with E-state index in [1.54, 1.807) is 31.3 Å². The van der Waals surface area contributed by atoms with Crippen molar-refractivity contribution in [3.05, 3.63) is 64.8 Å². The number of nitrogens with one attached hydrogen (secondary N) is 2. The molecule has 0 atom stereocenters. The number of amides is 2. The number of ether oxygens (including phenoxy) is 1. The maximum absolute atomic E-state index is 12.4. The fourth-order valence-corrected chi connectivity index (χ4v) is 3.22. The van der Waals surface area contributed by atoms with Crippen molar-refractivity contribution < 1.29 is 19.1 Å². The zero-order chi connectivity index (χ0) is 21.7. The number of rotatable bonds is 7. The Morgan fingerprint density at radius 2 is 1.83 bits per heavy atom. The van der Waals surface area contributed by atoms with Crippen molar-refractivity contribution in [2.45, 2.75) is 20.4 Å². The van der Waals surface area contributed by atoms with E-state index in [1.807, 2.05) is 35.8 Å². The van der Waals surface area contributed by atoms with Gasteiger partial charge in [0.1, 0.15) is 0 Å². The van der Waals surface area contributed by atoms with E-state index in [2.05, 4.69) is 10.6 Å². The number of benzene rings is 2. The van der Waals surface area contributed by atoms with Gasteiger partial charge in [-0.1, -0.05) is 35.9 Å². The van der Waals surface area contributed by atoms with Gasteiger partial charge in [0.15, 0.2) is 6.61 Å². The summed E-state index contributed by atoms with van der Waals surface area (Å²) < 4.78 is 7.07. The number of hydrogen-bond donors (Lipinski definition) is 2. The first-order valence-electron chi connectivity index (χ1n) is 9.47. The van der Waals surface area contributed by atoms with Crippen molar-refractivity contribution in [2.24, 2.45) is 0 Å². The third kappa shape index (κ3) is 4.80. The molecular weight excluding hydrogens is 406 g/mol. The van der Waals surface area contributed by atoms with Crippen LogP contribution in [0.3, 0.4) is 0 Å². The maximum Gasteiger partial charge on any atom is 0.340 e. The third-order valence-corrected chi connectivity index (χ3v) is 5.08. The molecule has 0 saturated heterocycles. The minimum atomic E-state index is -0.590. The van der Waals surface area contributed by atoms with Crippen molar-refractivity contribution in [1.29, 1.82) is 0 Å². The normalized spacial score (nSPS) is 10.6. The smallest absolute Gasteiger partial charge is 0.340 e. The van der Waals surface area contributed by atoms with Crippen LogP contribution in [0.1, 0.15) is 22.8 Å². The number of anilines is 1. The average Bonchev–Trinajstić information content (AvgIpc) is 3.13. The first-order chi connectivity index (χ1) is 14.4. The van der Waals surface area contributed by atoms with Crippen LogP contribution in [-0.2, 0) is 20.9 Å². The molecule has 30 heavy (non-hydrogen) atoms. The minimum Gasteiger partial charge on any atom is -0.452 e. The van der Waals surface area contributed by atoms with Crippen LogP contribution in [0.5, 0.6) is 0 Å². The average molecular weight is 428 g/mol. The van der Waals surface area contributed by atoms with Crippen LogP contribution < -0.4 is 10.6 Å². The molecule has 0 spiro atoms. The second kappa shape index (κ2) is 9.45. The number of aryl methyl sites for hydroxylation is 1. The summed E-state index contributed by atoms with van der Waals surface area (Å²) in [5.41, 5.74) is 2.62. The Balaban J connectivity index is 1.52. The number of para-hydroxylation sites is 1. The van der Waals surface area contributed by atoms with Gasteiger partial charge in [0.05, 0.1) is 12.1 Å². The number of esters is 1. The minimum absolute atomic E-state index is 0.253. The zero-order valence-corrected chi connectivity index (χ0v) is 17.5. The van der Waals surface area contributed by atoms with E-state index in [9.17, 15) is 14.4 Å². The van der Waals surface area contributed by atoms with Crippen LogP contribution >= 0.6 is 11.6 Å². The quantitative estimate of drug-likeness (QED) is 0.564. The number of fused-ring (bicyclic) bond motifs is 1. The molecule has 0 aliphatic rings. The van der Waals surface area contributed by atoms with Crippen LogP contribution in [0.15, 0.2) is 48.7 Å². The van der Waals surface area contributed by atoms with Crippen LogP contribution in [0, 0.1) is 6.92 Å². The van der Waals surface area contributed by atoms with E-state index < -0.39 is 24.4 Å². The van der Waals surface area contributed by atoms with E-state index in [0.29, 0.717) is 22.8 Å².